The number of anilines is 1. The number of hydrogen-bond acceptors (Lipinski definition) is 9. The van der Waals surface area contributed by atoms with Crippen LogP contribution in [0.25, 0.3) is 44.7 Å². The molecule has 1 saturated heterocycles. The Hall–Kier alpha value is -4.12. The van der Waals surface area contributed by atoms with Crippen LogP contribution >= 0.6 is 0 Å². The average molecular weight is 487 g/mol. The number of rotatable bonds is 6. The second-order valence-electron chi connectivity index (χ2n) is 9.23. The number of hydrogen-bond donors (Lipinski definition) is 0. The molecule has 5 aromatic rings. The first-order valence-corrected chi connectivity index (χ1v) is 11.9. The Morgan fingerprint density at radius 3 is 2.69 bits per heavy atom. The molecular formula is C25H26N8O3. The van der Waals surface area contributed by atoms with E-state index >= 15 is 0 Å². The van der Waals surface area contributed by atoms with Crippen molar-refractivity contribution in [2.75, 3.05) is 25.6 Å². The van der Waals surface area contributed by atoms with Crippen LogP contribution in [0.4, 0.5) is 5.82 Å². The minimum Gasteiger partial charge on any atom is -0.434 e. The van der Waals surface area contributed by atoms with Crippen molar-refractivity contribution in [3.05, 3.63) is 47.5 Å². The zero-order valence-electron chi connectivity index (χ0n) is 20.4. The molecule has 6 rings (SSSR count). The van der Waals surface area contributed by atoms with E-state index in [4.69, 9.17) is 9.15 Å². The Labute approximate surface area is 206 Å². The summed E-state index contributed by atoms with van der Waals surface area (Å²) in [6.45, 7) is 1.23. The van der Waals surface area contributed by atoms with E-state index < -0.39 is 0 Å². The number of aromatic nitrogens is 7. The smallest absolute Gasteiger partial charge is 0.348 e. The van der Waals surface area contributed by atoms with Crippen molar-refractivity contribution in [1.82, 2.24) is 34.3 Å². The summed E-state index contributed by atoms with van der Waals surface area (Å²) in [6.07, 6.45) is 11.6. The molecule has 11 nitrogen and oxygen atoms in total. The summed E-state index contributed by atoms with van der Waals surface area (Å²) in [6, 6.07) is 1.98. The van der Waals surface area contributed by atoms with Crippen molar-refractivity contribution in [3.63, 3.8) is 0 Å². The number of ether oxygens (including phenoxy) is 1. The van der Waals surface area contributed by atoms with Gasteiger partial charge in [0.1, 0.15) is 22.7 Å². The van der Waals surface area contributed by atoms with Crippen LogP contribution in [-0.2, 0) is 18.3 Å². The summed E-state index contributed by atoms with van der Waals surface area (Å²) in [7, 11) is 5.65. The van der Waals surface area contributed by atoms with Crippen LogP contribution in [0.1, 0.15) is 19.3 Å². The lowest BCUT2D eigenvalue weighted by Crippen LogP contribution is -2.25. The lowest BCUT2D eigenvalue weighted by Gasteiger charge is -2.13. The van der Waals surface area contributed by atoms with Gasteiger partial charge in [-0.15, -0.1) is 0 Å². The second-order valence-corrected chi connectivity index (χ2v) is 9.23. The molecule has 36 heavy (non-hydrogen) atoms. The summed E-state index contributed by atoms with van der Waals surface area (Å²) in [4.78, 5) is 33.2. The van der Waals surface area contributed by atoms with Gasteiger partial charge in [-0.1, -0.05) is 0 Å². The van der Waals surface area contributed by atoms with Gasteiger partial charge >= 0.3 is 5.69 Å². The van der Waals surface area contributed by atoms with E-state index in [1.807, 2.05) is 38.3 Å². The molecule has 1 aliphatic rings. The minimum absolute atomic E-state index is 0.137. The van der Waals surface area contributed by atoms with Crippen molar-refractivity contribution in [1.29, 1.82) is 0 Å². The van der Waals surface area contributed by atoms with Gasteiger partial charge in [-0.2, -0.15) is 10.1 Å². The quantitative estimate of drug-likeness (QED) is 0.357. The fourth-order valence-corrected chi connectivity index (χ4v) is 4.63. The summed E-state index contributed by atoms with van der Waals surface area (Å²) >= 11 is 0. The van der Waals surface area contributed by atoms with Gasteiger partial charge in [0.2, 0.25) is 5.71 Å². The third-order valence-electron chi connectivity index (χ3n) is 6.52. The van der Waals surface area contributed by atoms with Crippen LogP contribution in [0.3, 0.4) is 0 Å². The van der Waals surface area contributed by atoms with Gasteiger partial charge in [0.15, 0.2) is 5.58 Å². The zero-order chi connectivity index (χ0) is 24.8. The van der Waals surface area contributed by atoms with E-state index in [1.165, 1.54) is 0 Å². The summed E-state index contributed by atoms with van der Waals surface area (Å²) < 4.78 is 15.4. The molecule has 1 atom stereocenters. The normalized spacial score (nSPS) is 15.8. The molecule has 0 radical (unpaired) electrons. The highest BCUT2D eigenvalue weighted by atomic mass is 16.5. The van der Waals surface area contributed by atoms with Gasteiger partial charge in [-0.05, 0) is 25.3 Å². The highest BCUT2D eigenvalue weighted by Gasteiger charge is 2.23. The van der Waals surface area contributed by atoms with Crippen LogP contribution in [0.2, 0.25) is 0 Å². The predicted molar refractivity (Wildman–Crippen MR) is 135 cm³/mol. The Bertz CT molecular complexity index is 1610. The van der Waals surface area contributed by atoms with Gasteiger partial charge in [0.25, 0.3) is 0 Å². The van der Waals surface area contributed by atoms with Gasteiger partial charge in [-0.25, -0.2) is 19.7 Å². The van der Waals surface area contributed by atoms with Crippen LogP contribution in [0.5, 0.6) is 0 Å². The van der Waals surface area contributed by atoms with Gasteiger partial charge in [0, 0.05) is 57.8 Å². The SMILES string of the molecule is CN(C)c1cnc(-c2nc(=O)n(CCC3CCCO3)c3c2oc2ncc(-c4cnn(C)c4)cc23)cn1. The molecule has 0 aliphatic carbocycles. The van der Waals surface area contributed by atoms with E-state index in [1.54, 1.807) is 34.0 Å². The van der Waals surface area contributed by atoms with Gasteiger partial charge < -0.3 is 14.1 Å². The number of fused-ring (bicyclic) bond motifs is 3. The number of nitrogens with zero attached hydrogens (tertiary/aromatic N) is 8. The number of pyridine rings is 1. The minimum atomic E-state index is -0.372. The Morgan fingerprint density at radius 1 is 1.11 bits per heavy atom. The lowest BCUT2D eigenvalue weighted by molar-refractivity contribution is 0.100. The second kappa shape index (κ2) is 8.83. The maximum atomic E-state index is 13.4. The van der Waals surface area contributed by atoms with Crippen molar-refractivity contribution < 1.29 is 9.15 Å². The lowest BCUT2D eigenvalue weighted by atomic mass is 10.1. The molecule has 0 bridgehead atoms. The van der Waals surface area contributed by atoms with E-state index in [2.05, 4.69) is 25.0 Å². The maximum absolute atomic E-state index is 13.4. The highest BCUT2D eigenvalue weighted by Crippen LogP contribution is 2.34. The van der Waals surface area contributed by atoms with E-state index in [9.17, 15) is 4.79 Å². The van der Waals surface area contributed by atoms with Crippen molar-refractivity contribution in [2.45, 2.75) is 31.9 Å². The topological polar surface area (TPSA) is 117 Å². The predicted octanol–water partition coefficient (Wildman–Crippen LogP) is 3.03. The van der Waals surface area contributed by atoms with Crippen molar-refractivity contribution in [3.8, 4) is 22.5 Å². The van der Waals surface area contributed by atoms with E-state index in [-0.39, 0.29) is 11.8 Å². The number of furan rings is 1. The third kappa shape index (κ3) is 3.91. The van der Waals surface area contributed by atoms with Crippen LogP contribution in [-0.4, -0.2) is 61.1 Å². The summed E-state index contributed by atoms with van der Waals surface area (Å²) in [5.74, 6) is 0.701. The third-order valence-corrected chi connectivity index (χ3v) is 6.52. The number of aryl methyl sites for hydroxylation is 2. The first-order valence-electron chi connectivity index (χ1n) is 11.9. The molecule has 0 saturated carbocycles. The average Bonchev–Trinajstić information content (AvgIpc) is 3.63. The summed E-state index contributed by atoms with van der Waals surface area (Å²) in [5.41, 5.74) is 3.77. The Kier molecular flexibility index (Phi) is 5.48. The van der Waals surface area contributed by atoms with Crippen molar-refractivity contribution >= 4 is 28.0 Å². The molecule has 0 N–H and O–H groups in total. The molecule has 1 unspecified atom stereocenters. The monoisotopic (exact) mass is 486 g/mol. The van der Waals surface area contributed by atoms with Crippen LogP contribution in [0.15, 0.2) is 46.3 Å². The Balaban J connectivity index is 1.55. The largest absolute Gasteiger partial charge is 0.434 e. The molecule has 5 aromatic heterocycles. The first-order chi connectivity index (χ1) is 17.5. The van der Waals surface area contributed by atoms with Gasteiger partial charge in [0.05, 0.1) is 30.1 Å². The first kappa shape index (κ1) is 22.4. The summed E-state index contributed by atoms with van der Waals surface area (Å²) in [5, 5.41) is 5.00. The van der Waals surface area contributed by atoms with Crippen molar-refractivity contribution in [2.24, 2.45) is 7.05 Å². The highest BCUT2D eigenvalue weighted by molar-refractivity contribution is 6.06. The molecule has 6 heterocycles. The van der Waals surface area contributed by atoms with E-state index in [0.29, 0.717) is 40.6 Å². The van der Waals surface area contributed by atoms with Gasteiger partial charge in [-0.3, -0.25) is 9.25 Å². The van der Waals surface area contributed by atoms with Crippen LogP contribution < -0.4 is 10.6 Å². The standard InChI is InChI=1S/C25H26N8O3/c1-31(2)20-13-26-19(12-27-20)21-23-22(33(25(34)30-21)7-6-17-5-4-8-35-17)18-9-15(10-28-24(18)36-23)16-11-29-32(3)14-16/h9-14,17H,4-8H2,1-3H3. The fourth-order valence-electron chi connectivity index (χ4n) is 4.63. The fraction of sp³-hybridized carbons (Fsp3) is 0.360. The van der Waals surface area contributed by atoms with Crippen LogP contribution in [0, 0.1) is 0 Å². The molecule has 0 spiro atoms. The molecule has 1 aliphatic heterocycles. The van der Waals surface area contributed by atoms with E-state index in [0.717, 1.165) is 42.4 Å². The zero-order valence-corrected chi connectivity index (χ0v) is 20.4. The maximum Gasteiger partial charge on any atom is 0.348 e. The molecule has 1 fully saturated rings. The molecule has 0 amide bonds. The molecule has 184 valence electrons. The Morgan fingerprint density at radius 2 is 2.00 bits per heavy atom. The molecular weight excluding hydrogens is 460 g/mol. The molecule has 11 heteroatoms. The molecule has 0 aromatic carbocycles.